The first kappa shape index (κ1) is 30.0. The summed E-state index contributed by atoms with van der Waals surface area (Å²) in [6.45, 7) is 0. The number of nitrogens with one attached hydrogen (secondary N) is 1. The van der Waals surface area contributed by atoms with Crippen LogP contribution in [0.1, 0.15) is 28.8 Å². The second kappa shape index (κ2) is 9.82. The Morgan fingerprint density at radius 1 is 1.20 bits per heavy atom. The highest BCUT2D eigenvalue weighted by atomic mass is 35.5. The van der Waals surface area contributed by atoms with Crippen LogP contribution in [-0.2, 0) is 13.2 Å². The second-order valence-electron chi connectivity index (χ2n) is 8.83. The van der Waals surface area contributed by atoms with Crippen molar-refractivity contribution in [3.63, 3.8) is 0 Å². The van der Waals surface area contributed by atoms with Gasteiger partial charge in [-0.2, -0.15) is 45.5 Å². The van der Waals surface area contributed by atoms with Gasteiger partial charge in [-0.25, -0.2) is 18.1 Å². The number of ether oxygens (including phenoxy) is 1. The van der Waals surface area contributed by atoms with Gasteiger partial charge in [-0.15, -0.1) is 5.10 Å². The first-order valence-corrected chi connectivity index (χ1v) is 11.4. The van der Waals surface area contributed by atoms with E-state index in [1.807, 2.05) is 6.07 Å². The quantitative estimate of drug-likeness (QED) is 0.341. The average Bonchev–Trinajstić information content (AvgIpc) is 3.29. The van der Waals surface area contributed by atoms with Crippen molar-refractivity contribution in [1.29, 1.82) is 5.26 Å². The Hall–Kier alpha value is -4.01. The second-order valence-corrected chi connectivity index (χ2v) is 9.23. The highest BCUT2D eigenvalue weighted by molar-refractivity contribution is 6.34. The molecule has 1 aliphatic rings. The van der Waals surface area contributed by atoms with Gasteiger partial charge in [0, 0.05) is 24.4 Å². The maximum Gasteiger partial charge on any atom is 0.440 e. The molecular weight excluding hydrogens is 606 g/mol. The monoisotopic (exact) mass is 618 g/mol. The summed E-state index contributed by atoms with van der Waals surface area (Å²) in [4.78, 5) is 12.6. The maximum absolute atomic E-state index is 14.8. The zero-order valence-corrected chi connectivity index (χ0v) is 20.8. The van der Waals surface area contributed by atoms with Gasteiger partial charge in [0.15, 0.2) is 11.4 Å². The van der Waals surface area contributed by atoms with Crippen LogP contribution in [0, 0.1) is 17.1 Å². The maximum atomic E-state index is 14.8. The van der Waals surface area contributed by atoms with Crippen LogP contribution >= 0.6 is 11.6 Å². The predicted molar refractivity (Wildman–Crippen MR) is 117 cm³/mol. The summed E-state index contributed by atoms with van der Waals surface area (Å²) >= 11 is 5.96. The Kier molecular flexibility index (Phi) is 7.17. The first-order chi connectivity index (χ1) is 18.8. The van der Waals surface area contributed by atoms with E-state index in [-0.39, 0.29) is 20.8 Å². The third-order valence-electron chi connectivity index (χ3n) is 5.81. The summed E-state index contributed by atoms with van der Waals surface area (Å²) in [5.74, 6) is -5.17. The van der Waals surface area contributed by atoms with Gasteiger partial charge >= 0.3 is 18.5 Å². The summed E-state index contributed by atoms with van der Waals surface area (Å²) in [5, 5.41) is 17.9. The SMILES string of the molecule is Cn1nc(OC(F)(F)C(F)C(F)(F)F)c(C(F)(F)F)c1-n1cc(-c2cc(C(=O)NC3(C#N)CC3)c(Cl)cc2F)cn1. The Morgan fingerprint density at radius 2 is 1.83 bits per heavy atom. The molecule has 0 bridgehead atoms. The molecule has 220 valence electrons. The summed E-state index contributed by atoms with van der Waals surface area (Å²) in [6.07, 6.45) is -20.3. The Balaban J connectivity index is 1.75. The van der Waals surface area contributed by atoms with Crippen molar-refractivity contribution in [3.05, 3.63) is 46.5 Å². The Bertz CT molecular complexity index is 1550. The molecule has 8 nitrogen and oxygen atoms in total. The van der Waals surface area contributed by atoms with E-state index < -0.39 is 64.7 Å². The third-order valence-corrected chi connectivity index (χ3v) is 6.12. The minimum Gasteiger partial charge on any atom is -0.410 e. The number of nitriles is 1. The van der Waals surface area contributed by atoms with Crippen LogP contribution in [-0.4, -0.2) is 49.5 Å². The summed E-state index contributed by atoms with van der Waals surface area (Å²) in [7, 11) is 0.766. The Morgan fingerprint density at radius 3 is 2.37 bits per heavy atom. The fourth-order valence-corrected chi connectivity index (χ4v) is 3.88. The molecular formula is C22H13ClF10N6O2. The number of carbonyl (C=O) groups excluding carboxylic acids is 1. The minimum atomic E-state index is -6.18. The molecule has 2 aromatic heterocycles. The first-order valence-electron chi connectivity index (χ1n) is 11.0. The molecule has 19 heteroatoms. The molecule has 1 fully saturated rings. The molecule has 0 radical (unpaired) electrons. The van der Waals surface area contributed by atoms with Gasteiger partial charge in [0.1, 0.15) is 11.4 Å². The van der Waals surface area contributed by atoms with Crippen molar-refractivity contribution in [2.45, 2.75) is 43.0 Å². The molecule has 1 aliphatic carbocycles. The summed E-state index contributed by atoms with van der Waals surface area (Å²) in [6, 6.07) is 3.57. The lowest BCUT2D eigenvalue weighted by Gasteiger charge is -2.22. The number of hydrogen-bond donors (Lipinski definition) is 1. The Labute approximate surface area is 227 Å². The molecule has 1 amide bonds. The van der Waals surface area contributed by atoms with Gasteiger partial charge in [0.25, 0.3) is 18.0 Å². The van der Waals surface area contributed by atoms with Crippen molar-refractivity contribution < 1.29 is 53.4 Å². The van der Waals surface area contributed by atoms with Gasteiger partial charge in [-0.05, 0) is 25.0 Å². The lowest BCUT2D eigenvalue weighted by Crippen LogP contribution is -2.46. The van der Waals surface area contributed by atoms with E-state index in [4.69, 9.17) is 16.9 Å². The topological polar surface area (TPSA) is 97.8 Å². The van der Waals surface area contributed by atoms with E-state index in [0.29, 0.717) is 17.5 Å². The van der Waals surface area contributed by atoms with Crippen LogP contribution in [0.5, 0.6) is 5.88 Å². The number of carbonyl (C=O) groups is 1. The summed E-state index contributed by atoms with van der Waals surface area (Å²) < 4.78 is 139. The molecule has 0 saturated heterocycles. The van der Waals surface area contributed by atoms with Crippen LogP contribution in [0.4, 0.5) is 43.9 Å². The van der Waals surface area contributed by atoms with Crippen molar-refractivity contribution in [2.24, 2.45) is 7.05 Å². The van der Waals surface area contributed by atoms with E-state index in [2.05, 4.69) is 20.3 Å². The number of aromatic nitrogens is 4. The van der Waals surface area contributed by atoms with Crippen LogP contribution in [0.25, 0.3) is 16.9 Å². The third kappa shape index (κ3) is 5.76. The van der Waals surface area contributed by atoms with Crippen LogP contribution in [0.2, 0.25) is 5.02 Å². The normalized spacial score (nSPS) is 15.8. The molecule has 1 aromatic carbocycles. The molecule has 3 aromatic rings. The van der Waals surface area contributed by atoms with Gasteiger partial charge in [-0.1, -0.05) is 11.6 Å². The number of hydrogen-bond acceptors (Lipinski definition) is 5. The van der Waals surface area contributed by atoms with Gasteiger partial charge in [-0.3, -0.25) is 4.79 Å². The average molecular weight is 619 g/mol. The molecule has 4 rings (SSSR count). The number of aryl methyl sites for hydroxylation is 1. The molecule has 2 heterocycles. The van der Waals surface area contributed by atoms with E-state index in [0.717, 1.165) is 31.6 Å². The highest BCUT2D eigenvalue weighted by Gasteiger charge is 2.60. The molecule has 1 atom stereocenters. The van der Waals surface area contributed by atoms with Crippen molar-refractivity contribution in [1.82, 2.24) is 24.9 Å². The number of benzene rings is 1. The smallest absolute Gasteiger partial charge is 0.410 e. The largest absolute Gasteiger partial charge is 0.440 e. The number of rotatable bonds is 7. The van der Waals surface area contributed by atoms with E-state index >= 15 is 0 Å². The highest BCUT2D eigenvalue weighted by Crippen LogP contribution is 2.44. The van der Waals surface area contributed by atoms with E-state index in [9.17, 15) is 48.7 Å². The molecule has 0 spiro atoms. The van der Waals surface area contributed by atoms with Crippen molar-refractivity contribution >= 4 is 17.5 Å². The van der Waals surface area contributed by atoms with Crippen LogP contribution in [0.15, 0.2) is 24.5 Å². The van der Waals surface area contributed by atoms with Crippen molar-refractivity contribution in [2.75, 3.05) is 0 Å². The number of nitrogens with zero attached hydrogens (tertiary/aromatic N) is 5. The van der Waals surface area contributed by atoms with Gasteiger partial charge in [0.2, 0.25) is 0 Å². The fourth-order valence-electron chi connectivity index (χ4n) is 3.64. The lowest BCUT2D eigenvalue weighted by molar-refractivity contribution is -0.306. The van der Waals surface area contributed by atoms with Crippen LogP contribution in [0.3, 0.4) is 0 Å². The predicted octanol–water partition coefficient (Wildman–Crippen LogP) is 5.74. The molecule has 1 N–H and O–H groups in total. The number of alkyl halides is 9. The van der Waals surface area contributed by atoms with E-state index in [1.165, 1.54) is 0 Å². The van der Waals surface area contributed by atoms with Gasteiger partial charge in [0.05, 0.1) is 22.9 Å². The van der Waals surface area contributed by atoms with Crippen LogP contribution < -0.4 is 10.1 Å². The molecule has 1 unspecified atom stereocenters. The minimum absolute atomic E-state index is 0.264. The summed E-state index contributed by atoms with van der Waals surface area (Å²) in [5.41, 5.74) is -4.23. The standard InChI is InChI=1S/C22H13ClF10N6O2/c1-38-17(14(20(26,27)28)16(37-38)41-22(32,33)18(25)21(29,30)31)39-7-9(6-35-39)10-4-11(12(23)5-13(10)24)15(40)36-19(8-34)2-3-19/h4-7,18H,2-3H2,1H3,(H,36,40). The zero-order valence-electron chi connectivity index (χ0n) is 20.0. The lowest BCUT2D eigenvalue weighted by atomic mass is 10.0. The van der Waals surface area contributed by atoms with Gasteiger partial charge < -0.3 is 10.1 Å². The number of amides is 1. The molecule has 41 heavy (non-hydrogen) atoms. The van der Waals surface area contributed by atoms with E-state index in [1.54, 1.807) is 0 Å². The number of halogens is 11. The van der Waals surface area contributed by atoms with Crippen molar-refractivity contribution in [3.8, 4) is 28.9 Å². The fraction of sp³-hybridized carbons (Fsp3) is 0.364. The molecule has 1 saturated carbocycles. The molecule has 0 aliphatic heterocycles. The zero-order chi connectivity index (χ0) is 30.7.